The van der Waals surface area contributed by atoms with E-state index in [1.54, 1.807) is 11.3 Å². The number of nitrogens with one attached hydrogen (secondary N) is 2. The molecule has 0 bridgehead atoms. The van der Waals surface area contributed by atoms with Crippen LogP contribution in [0.25, 0.3) is 0 Å². The van der Waals surface area contributed by atoms with Crippen molar-refractivity contribution in [1.82, 2.24) is 25.4 Å². The second-order valence-electron chi connectivity index (χ2n) is 7.75. The van der Waals surface area contributed by atoms with E-state index >= 15 is 0 Å². The van der Waals surface area contributed by atoms with Crippen molar-refractivity contribution < 1.29 is 0 Å². The first-order valence-electron chi connectivity index (χ1n) is 9.91. The molecule has 6 nitrogen and oxygen atoms in total. The van der Waals surface area contributed by atoms with Crippen LogP contribution in [0.4, 0.5) is 0 Å². The van der Waals surface area contributed by atoms with Gasteiger partial charge in [-0.05, 0) is 30.4 Å². The fourth-order valence-electron chi connectivity index (χ4n) is 2.97. The van der Waals surface area contributed by atoms with Gasteiger partial charge in [0.25, 0.3) is 0 Å². The van der Waals surface area contributed by atoms with E-state index in [9.17, 15) is 0 Å². The second kappa shape index (κ2) is 9.69. The molecule has 2 heterocycles. The minimum Gasteiger partial charge on any atom is -0.356 e. The molecule has 0 unspecified atom stereocenters. The Labute approximate surface area is 177 Å². The molecule has 0 aliphatic heterocycles. The zero-order valence-electron chi connectivity index (χ0n) is 17.6. The van der Waals surface area contributed by atoms with Crippen LogP contribution in [-0.4, -0.2) is 33.8 Å². The quantitative estimate of drug-likeness (QED) is 0.441. The van der Waals surface area contributed by atoms with Crippen molar-refractivity contribution in [3.05, 3.63) is 69.9 Å². The van der Waals surface area contributed by atoms with Crippen molar-refractivity contribution in [2.75, 3.05) is 13.1 Å². The zero-order chi connectivity index (χ0) is 20.7. The maximum atomic E-state index is 4.76. The van der Waals surface area contributed by atoms with Crippen molar-refractivity contribution in [2.24, 2.45) is 12.0 Å². The summed E-state index contributed by atoms with van der Waals surface area (Å²) in [6.45, 7) is 8.52. The summed E-state index contributed by atoms with van der Waals surface area (Å²) in [5, 5.41) is 17.4. The van der Waals surface area contributed by atoms with Crippen LogP contribution in [0.3, 0.4) is 0 Å². The number of guanidine groups is 1. The molecular weight excluding hydrogens is 380 g/mol. The predicted molar refractivity (Wildman–Crippen MR) is 120 cm³/mol. The van der Waals surface area contributed by atoms with Gasteiger partial charge in [0.1, 0.15) is 12.4 Å². The number of thiophene rings is 1. The third-order valence-corrected chi connectivity index (χ3v) is 5.99. The van der Waals surface area contributed by atoms with Crippen molar-refractivity contribution in [3.8, 4) is 0 Å². The van der Waals surface area contributed by atoms with Gasteiger partial charge in [-0.15, -0.1) is 21.5 Å². The second-order valence-corrected chi connectivity index (χ2v) is 8.78. The van der Waals surface area contributed by atoms with E-state index in [1.807, 2.05) is 18.5 Å². The third-order valence-electron chi connectivity index (χ3n) is 5.06. The van der Waals surface area contributed by atoms with E-state index in [0.717, 1.165) is 37.1 Å². The Bertz CT molecular complexity index is 912. The van der Waals surface area contributed by atoms with Gasteiger partial charge in [0.15, 0.2) is 11.8 Å². The Morgan fingerprint density at radius 2 is 1.90 bits per heavy atom. The van der Waals surface area contributed by atoms with Crippen LogP contribution in [0, 0.1) is 6.92 Å². The third kappa shape index (κ3) is 5.90. The van der Waals surface area contributed by atoms with Crippen LogP contribution >= 0.6 is 11.3 Å². The van der Waals surface area contributed by atoms with E-state index in [2.05, 4.69) is 82.5 Å². The van der Waals surface area contributed by atoms with E-state index in [1.165, 1.54) is 10.4 Å². The molecule has 1 aromatic carbocycles. The summed E-state index contributed by atoms with van der Waals surface area (Å²) < 4.78 is 1.97. The fraction of sp³-hybridized carbons (Fsp3) is 0.409. The maximum Gasteiger partial charge on any atom is 0.191 e. The summed E-state index contributed by atoms with van der Waals surface area (Å²) in [5.74, 6) is 2.54. The van der Waals surface area contributed by atoms with E-state index in [0.29, 0.717) is 6.54 Å². The maximum absolute atomic E-state index is 4.76. The summed E-state index contributed by atoms with van der Waals surface area (Å²) in [6, 6.07) is 14.8. The number of aryl methyl sites for hydroxylation is 1. The van der Waals surface area contributed by atoms with Crippen LogP contribution < -0.4 is 10.6 Å². The molecule has 0 spiro atoms. The average molecular weight is 411 g/mol. The molecule has 7 heteroatoms. The molecule has 0 amide bonds. The lowest BCUT2D eigenvalue weighted by Gasteiger charge is -2.27. The van der Waals surface area contributed by atoms with E-state index < -0.39 is 0 Å². The number of nitrogens with zero attached hydrogens (tertiary/aromatic N) is 4. The average Bonchev–Trinajstić information content (AvgIpc) is 3.35. The normalized spacial score (nSPS) is 12.2. The van der Waals surface area contributed by atoms with Crippen LogP contribution in [0.1, 0.15) is 35.9 Å². The number of benzene rings is 1. The highest BCUT2D eigenvalue weighted by Gasteiger charge is 2.20. The lowest BCUT2D eigenvalue weighted by atomic mass is 9.85. The number of aliphatic imine (C=N–C) groups is 1. The molecule has 3 aromatic rings. The standard InChI is InChI=1S/C22H30N6S/c1-17-26-27-20(28(17)4)15-24-21(23-13-12-19-11-8-14-29-19)25-16-22(2,3)18-9-6-5-7-10-18/h5-11,14H,12-13,15-16H2,1-4H3,(H2,23,24,25). The molecule has 0 radical (unpaired) electrons. The van der Waals surface area contributed by atoms with Crippen molar-refractivity contribution in [3.63, 3.8) is 0 Å². The van der Waals surface area contributed by atoms with Crippen molar-refractivity contribution in [2.45, 2.75) is 39.2 Å². The smallest absolute Gasteiger partial charge is 0.191 e. The van der Waals surface area contributed by atoms with Crippen molar-refractivity contribution >= 4 is 17.3 Å². The SMILES string of the molecule is Cc1nnc(CN=C(NCCc2cccs2)NCC(C)(C)c2ccccc2)n1C. The molecule has 2 N–H and O–H groups in total. The Morgan fingerprint density at radius 1 is 1.10 bits per heavy atom. The van der Waals surface area contributed by atoms with Gasteiger partial charge in [0.2, 0.25) is 0 Å². The van der Waals surface area contributed by atoms with Crippen LogP contribution in [0.5, 0.6) is 0 Å². The van der Waals surface area contributed by atoms with Gasteiger partial charge in [0.05, 0.1) is 0 Å². The van der Waals surface area contributed by atoms with Gasteiger partial charge in [-0.25, -0.2) is 4.99 Å². The van der Waals surface area contributed by atoms with Crippen LogP contribution in [-0.2, 0) is 25.4 Å². The Balaban J connectivity index is 1.65. The number of aromatic nitrogens is 3. The molecular formula is C22H30N6S. The van der Waals surface area contributed by atoms with Crippen LogP contribution in [0.2, 0.25) is 0 Å². The molecule has 0 fully saturated rings. The molecule has 3 rings (SSSR count). The minimum absolute atomic E-state index is 0.0151. The van der Waals surface area contributed by atoms with Crippen molar-refractivity contribution in [1.29, 1.82) is 0 Å². The lowest BCUT2D eigenvalue weighted by Crippen LogP contribution is -2.44. The van der Waals surface area contributed by atoms with Gasteiger partial charge >= 0.3 is 0 Å². The van der Waals surface area contributed by atoms with Gasteiger partial charge in [0, 0.05) is 30.4 Å². The summed E-state index contributed by atoms with van der Waals surface area (Å²) in [5.41, 5.74) is 1.29. The summed E-state index contributed by atoms with van der Waals surface area (Å²) in [4.78, 5) is 6.12. The Hall–Kier alpha value is -2.67. The molecule has 2 aromatic heterocycles. The highest BCUT2D eigenvalue weighted by atomic mass is 32.1. The van der Waals surface area contributed by atoms with Gasteiger partial charge < -0.3 is 15.2 Å². The fourth-order valence-corrected chi connectivity index (χ4v) is 3.68. The molecule has 0 saturated carbocycles. The molecule has 29 heavy (non-hydrogen) atoms. The Kier molecular flexibility index (Phi) is 7.04. The number of hydrogen-bond donors (Lipinski definition) is 2. The van der Waals surface area contributed by atoms with E-state index in [4.69, 9.17) is 4.99 Å². The molecule has 154 valence electrons. The molecule has 0 aliphatic rings. The minimum atomic E-state index is -0.0151. The first-order valence-corrected chi connectivity index (χ1v) is 10.8. The number of hydrogen-bond acceptors (Lipinski definition) is 4. The lowest BCUT2D eigenvalue weighted by molar-refractivity contribution is 0.508. The Morgan fingerprint density at radius 3 is 2.55 bits per heavy atom. The summed E-state index contributed by atoms with van der Waals surface area (Å²) in [7, 11) is 1.97. The van der Waals surface area contributed by atoms with Gasteiger partial charge in [-0.3, -0.25) is 0 Å². The van der Waals surface area contributed by atoms with Crippen LogP contribution in [0.15, 0.2) is 52.8 Å². The molecule has 0 saturated heterocycles. The highest BCUT2D eigenvalue weighted by molar-refractivity contribution is 7.09. The summed E-state index contributed by atoms with van der Waals surface area (Å²) >= 11 is 1.78. The molecule has 0 atom stereocenters. The van der Waals surface area contributed by atoms with Gasteiger partial charge in [-0.1, -0.05) is 50.2 Å². The van der Waals surface area contributed by atoms with E-state index in [-0.39, 0.29) is 5.41 Å². The topological polar surface area (TPSA) is 67.1 Å². The first-order chi connectivity index (χ1) is 14.0. The zero-order valence-corrected chi connectivity index (χ0v) is 18.5. The monoisotopic (exact) mass is 410 g/mol. The summed E-state index contributed by atoms with van der Waals surface area (Å²) in [6.07, 6.45) is 0.976. The largest absolute Gasteiger partial charge is 0.356 e. The predicted octanol–water partition coefficient (Wildman–Crippen LogP) is 3.44. The number of rotatable bonds is 8. The highest BCUT2D eigenvalue weighted by Crippen LogP contribution is 2.21. The van der Waals surface area contributed by atoms with Gasteiger partial charge in [-0.2, -0.15) is 0 Å². The first kappa shape index (κ1) is 21.0. The molecule has 0 aliphatic carbocycles.